The van der Waals surface area contributed by atoms with E-state index in [1.165, 1.54) is 42.5 Å². The molecule has 0 aliphatic heterocycles. The lowest BCUT2D eigenvalue weighted by Crippen LogP contribution is -1.98. The van der Waals surface area contributed by atoms with E-state index in [0.717, 1.165) is 42.6 Å². The molecule has 0 saturated heterocycles. The normalized spacial score (nSPS) is 11.2. The van der Waals surface area contributed by atoms with E-state index < -0.39 is 0 Å². The highest BCUT2D eigenvalue weighted by molar-refractivity contribution is 5.84. The summed E-state index contributed by atoms with van der Waals surface area (Å²) in [7, 11) is 0. The van der Waals surface area contributed by atoms with Crippen LogP contribution in [-0.2, 0) is 25.7 Å². The van der Waals surface area contributed by atoms with Gasteiger partial charge in [-0.2, -0.15) is 0 Å². The lowest BCUT2D eigenvalue weighted by Gasteiger charge is -2.10. The molecule has 4 rings (SSSR count). The number of benzene rings is 4. The molecule has 0 atom stereocenters. The summed E-state index contributed by atoms with van der Waals surface area (Å²) in [6.07, 6.45) is 7.94. The fourth-order valence-corrected chi connectivity index (χ4v) is 4.43. The van der Waals surface area contributed by atoms with Crippen molar-refractivity contribution >= 4 is 10.8 Å². The van der Waals surface area contributed by atoms with Crippen molar-refractivity contribution < 1.29 is 13.5 Å². The number of rotatable bonds is 12. The standard InChI is InChI=1S/C32H34F2O/c1-2-3-4-5-22-35-30-19-11-24(12-20-30)6-7-26-13-21-31-28(23-26)16-15-27(32(31)34)14-8-25-9-17-29(33)18-10-25/h9-13,15-21,23H,2-8,14,22H2,1H3. The quantitative estimate of drug-likeness (QED) is 0.187. The smallest absolute Gasteiger partial charge is 0.134 e. The Morgan fingerprint density at radius 2 is 1.29 bits per heavy atom. The molecule has 3 heteroatoms. The second kappa shape index (κ2) is 12.5. The van der Waals surface area contributed by atoms with Crippen LogP contribution in [0, 0.1) is 11.6 Å². The van der Waals surface area contributed by atoms with E-state index in [4.69, 9.17) is 4.74 Å². The molecule has 0 spiro atoms. The third kappa shape index (κ3) is 7.14. The van der Waals surface area contributed by atoms with Gasteiger partial charge in [0.15, 0.2) is 0 Å². The highest BCUT2D eigenvalue weighted by Crippen LogP contribution is 2.24. The van der Waals surface area contributed by atoms with Crippen LogP contribution in [0.25, 0.3) is 10.8 Å². The maximum Gasteiger partial charge on any atom is 0.134 e. The molecule has 0 saturated carbocycles. The van der Waals surface area contributed by atoms with Crippen LogP contribution in [0.1, 0.15) is 54.9 Å². The third-order valence-corrected chi connectivity index (χ3v) is 6.59. The fourth-order valence-electron chi connectivity index (χ4n) is 4.43. The Bertz CT molecular complexity index is 1210. The molecule has 0 N–H and O–H groups in total. The molecule has 1 nitrogen and oxygen atoms in total. The van der Waals surface area contributed by atoms with Crippen molar-refractivity contribution in [1.82, 2.24) is 0 Å². The SMILES string of the molecule is CCCCCCOc1ccc(CCc2ccc3c(F)c(CCc4ccc(F)cc4)ccc3c2)cc1. The van der Waals surface area contributed by atoms with Gasteiger partial charge in [-0.1, -0.05) is 80.8 Å². The number of fused-ring (bicyclic) bond motifs is 1. The van der Waals surface area contributed by atoms with Crippen LogP contribution in [0.3, 0.4) is 0 Å². The third-order valence-electron chi connectivity index (χ3n) is 6.59. The van der Waals surface area contributed by atoms with Crippen molar-refractivity contribution in [3.63, 3.8) is 0 Å². The van der Waals surface area contributed by atoms with Gasteiger partial charge < -0.3 is 4.74 Å². The van der Waals surface area contributed by atoms with E-state index in [-0.39, 0.29) is 11.6 Å². The van der Waals surface area contributed by atoms with Crippen LogP contribution in [-0.4, -0.2) is 6.61 Å². The second-order valence-electron chi connectivity index (χ2n) is 9.27. The van der Waals surface area contributed by atoms with Crippen molar-refractivity contribution in [3.05, 3.63) is 113 Å². The molecule has 4 aromatic rings. The van der Waals surface area contributed by atoms with Crippen LogP contribution in [0.15, 0.2) is 78.9 Å². The van der Waals surface area contributed by atoms with Crippen LogP contribution < -0.4 is 4.74 Å². The van der Waals surface area contributed by atoms with E-state index in [1.54, 1.807) is 12.1 Å². The zero-order valence-corrected chi connectivity index (χ0v) is 20.5. The van der Waals surface area contributed by atoms with Gasteiger partial charge in [-0.15, -0.1) is 0 Å². The first-order chi connectivity index (χ1) is 17.1. The summed E-state index contributed by atoms with van der Waals surface area (Å²) in [5.74, 6) is 0.531. The number of halogens is 2. The minimum absolute atomic E-state index is 0.151. The van der Waals surface area contributed by atoms with Crippen molar-refractivity contribution in [2.45, 2.75) is 58.3 Å². The summed E-state index contributed by atoms with van der Waals surface area (Å²) in [4.78, 5) is 0. The first-order valence-electron chi connectivity index (χ1n) is 12.8. The van der Waals surface area contributed by atoms with Gasteiger partial charge in [-0.25, -0.2) is 8.78 Å². The lowest BCUT2D eigenvalue weighted by molar-refractivity contribution is 0.305. The summed E-state index contributed by atoms with van der Waals surface area (Å²) in [6, 6.07) is 24.7. The van der Waals surface area contributed by atoms with Crippen LogP contribution in [0.2, 0.25) is 0 Å². The summed E-state index contributed by atoms with van der Waals surface area (Å²) >= 11 is 0. The molecule has 0 bridgehead atoms. The van der Waals surface area contributed by atoms with Gasteiger partial charge in [0.1, 0.15) is 17.4 Å². The average Bonchev–Trinajstić information content (AvgIpc) is 2.88. The second-order valence-corrected chi connectivity index (χ2v) is 9.27. The Kier molecular flexibility index (Phi) is 8.89. The number of unbranched alkanes of at least 4 members (excludes halogenated alkanes) is 3. The van der Waals surface area contributed by atoms with Gasteiger partial charge in [-0.3, -0.25) is 0 Å². The van der Waals surface area contributed by atoms with Crippen molar-refractivity contribution in [1.29, 1.82) is 0 Å². The molecule has 0 aromatic heterocycles. The monoisotopic (exact) mass is 472 g/mol. The predicted molar refractivity (Wildman–Crippen MR) is 141 cm³/mol. The molecule has 4 aromatic carbocycles. The average molecular weight is 473 g/mol. The molecule has 0 aliphatic rings. The van der Waals surface area contributed by atoms with E-state index >= 15 is 4.39 Å². The number of aryl methyl sites for hydroxylation is 4. The maximum absolute atomic E-state index is 15.1. The highest BCUT2D eigenvalue weighted by atomic mass is 19.1. The molecule has 35 heavy (non-hydrogen) atoms. The number of hydrogen-bond acceptors (Lipinski definition) is 1. The Morgan fingerprint density at radius 1 is 0.629 bits per heavy atom. The van der Waals surface area contributed by atoms with Crippen molar-refractivity contribution in [3.8, 4) is 5.75 Å². The van der Waals surface area contributed by atoms with E-state index in [1.807, 2.05) is 24.3 Å². The summed E-state index contributed by atoms with van der Waals surface area (Å²) in [5.41, 5.74) is 4.17. The van der Waals surface area contributed by atoms with E-state index in [2.05, 4.69) is 37.3 Å². The Labute approximate surface area is 207 Å². The van der Waals surface area contributed by atoms with Gasteiger partial charge >= 0.3 is 0 Å². The van der Waals surface area contributed by atoms with Crippen LogP contribution in [0.5, 0.6) is 5.75 Å². The molecule has 0 fully saturated rings. The van der Waals surface area contributed by atoms with Crippen molar-refractivity contribution in [2.24, 2.45) is 0 Å². The van der Waals surface area contributed by atoms with Gasteiger partial charge in [0.2, 0.25) is 0 Å². The molecule has 0 radical (unpaired) electrons. The van der Waals surface area contributed by atoms with E-state index in [0.29, 0.717) is 23.8 Å². The minimum atomic E-state index is -0.249. The number of hydrogen-bond donors (Lipinski definition) is 0. The summed E-state index contributed by atoms with van der Waals surface area (Å²) in [5, 5.41) is 1.59. The first-order valence-corrected chi connectivity index (χ1v) is 12.8. The van der Waals surface area contributed by atoms with Gasteiger partial charge in [-0.05, 0) is 84.0 Å². The van der Waals surface area contributed by atoms with Crippen LogP contribution >= 0.6 is 0 Å². The van der Waals surface area contributed by atoms with Gasteiger partial charge in [0.05, 0.1) is 6.61 Å². The molecule has 0 unspecified atom stereocenters. The maximum atomic E-state index is 15.1. The van der Waals surface area contributed by atoms with E-state index in [9.17, 15) is 4.39 Å². The summed E-state index contributed by atoms with van der Waals surface area (Å²) < 4.78 is 34.1. The predicted octanol–water partition coefficient (Wildman–Crippen LogP) is 8.65. The topological polar surface area (TPSA) is 9.23 Å². The Morgan fingerprint density at radius 3 is 2.03 bits per heavy atom. The summed E-state index contributed by atoms with van der Waals surface area (Å²) in [6.45, 7) is 2.99. The molecular formula is C32H34F2O. The highest BCUT2D eigenvalue weighted by Gasteiger charge is 2.09. The molecule has 0 amide bonds. The van der Waals surface area contributed by atoms with Gasteiger partial charge in [0.25, 0.3) is 0 Å². The largest absolute Gasteiger partial charge is 0.494 e. The molecule has 182 valence electrons. The fraction of sp³-hybridized carbons (Fsp3) is 0.312. The Balaban J connectivity index is 1.32. The van der Waals surface area contributed by atoms with Gasteiger partial charge in [0, 0.05) is 5.39 Å². The van der Waals surface area contributed by atoms with Crippen molar-refractivity contribution in [2.75, 3.05) is 6.61 Å². The zero-order valence-electron chi connectivity index (χ0n) is 20.5. The first kappa shape index (κ1) is 24.9. The molecule has 0 heterocycles. The van der Waals surface area contributed by atoms with Crippen LogP contribution in [0.4, 0.5) is 8.78 Å². The Hall–Kier alpha value is -3.20. The number of ether oxygens (including phenoxy) is 1. The lowest BCUT2D eigenvalue weighted by atomic mass is 9.97. The zero-order chi connectivity index (χ0) is 24.5. The minimum Gasteiger partial charge on any atom is -0.494 e. The molecular weight excluding hydrogens is 438 g/mol. The molecule has 0 aliphatic carbocycles.